The molecule has 0 aromatic heterocycles. The highest BCUT2D eigenvalue weighted by Gasteiger charge is 2.20. The lowest BCUT2D eigenvalue weighted by Gasteiger charge is -2.29. The van der Waals surface area contributed by atoms with Gasteiger partial charge in [0.25, 0.3) is 0 Å². The van der Waals surface area contributed by atoms with Crippen molar-refractivity contribution in [3.8, 4) is 5.75 Å². The molecular formula is C16H25BrN2O. The molecule has 1 aromatic rings. The largest absolute Gasteiger partial charge is 0.497 e. The van der Waals surface area contributed by atoms with Crippen molar-refractivity contribution in [2.24, 2.45) is 0 Å². The fourth-order valence-electron chi connectivity index (χ4n) is 2.67. The van der Waals surface area contributed by atoms with Crippen LogP contribution in [-0.2, 0) is 6.54 Å². The molecule has 1 N–H and O–H groups in total. The van der Waals surface area contributed by atoms with Crippen LogP contribution >= 0.6 is 15.9 Å². The minimum Gasteiger partial charge on any atom is -0.497 e. The summed E-state index contributed by atoms with van der Waals surface area (Å²) in [5.41, 5.74) is 1.29. The van der Waals surface area contributed by atoms with Crippen molar-refractivity contribution in [3.05, 3.63) is 28.2 Å². The van der Waals surface area contributed by atoms with E-state index in [2.05, 4.69) is 52.1 Å². The quantitative estimate of drug-likeness (QED) is 0.858. The van der Waals surface area contributed by atoms with Gasteiger partial charge >= 0.3 is 0 Å². The molecule has 1 heterocycles. The number of hydrogen-bond acceptors (Lipinski definition) is 3. The zero-order valence-corrected chi connectivity index (χ0v) is 14.2. The molecule has 1 aliphatic rings. The molecule has 0 spiro atoms. The third kappa shape index (κ3) is 4.21. The Labute approximate surface area is 130 Å². The van der Waals surface area contributed by atoms with E-state index in [1.54, 1.807) is 7.11 Å². The maximum Gasteiger partial charge on any atom is 0.119 e. The number of halogens is 1. The van der Waals surface area contributed by atoms with Gasteiger partial charge in [-0.1, -0.05) is 15.9 Å². The van der Waals surface area contributed by atoms with Crippen LogP contribution in [0, 0.1) is 0 Å². The lowest BCUT2D eigenvalue weighted by Crippen LogP contribution is -2.40. The third-order valence-electron chi connectivity index (χ3n) is 3.97. The van der Waals surface area contributed by atoms with Crippen LogP contribution in [0.5, 0.6) is 5.75 Å². The van der Waals surface area contributed by atoms with Crippen molar-refractivity contribution < 1.29 is 4.74 Å². The van der Waals surface area contributed by atoms with Gasteiger partial charge in [-0.3, -0.25) is 4.90 Å². The van der Waals surface area contributed by atoms with Gasteiger partial charge in [0, 0.05) is 29.6 Å². The molecule has 0 radical (unpaired) electrons. The molecule has 20 heavy (non-hydrogen) atoms. The van der Waals surface area contributed by atoms with Gasteiger partial charge in [0.05, 0.1) is 7.11 Å². The maximum absolute atomic E-state index is 5.33. The molecule has 0 aliphatic carbocycles. The van der Waals surface area contributed by atoms with Crippen LogP contribution in [0.15, 0.2) is 22.7 Å². The molecule has 1 saturated heterocycles. The van der Waals surface area contributed by atoms with Crippen LogP contribution in [0.25, 0.3) is 0 Å². The number of ether oxygens (including phenoxy) is 1. The Morgan fingerprint density at radius 2 is 2.25 bits per heavy atom. The highest BCUT2D eigenvalue weighted by molar-refractivity contribution is 9.10. The predicted molar refractivity (Wildman–Crippen MR) is 87.3 cm³/mol. The molecule has 0 amide bonds. The van der Waals surface area contributed by atoms with Crippen molar-refractivity contribution in [1.29, 1.82) is 0 Å². The van der Waals surface area contributed by atoms with Crippen molar-refractivity contribution in [3.63, 3.8) is 0 Å². The van der Waals surface area contributed by atoms with Crippen LogP contribution in [0.4, 0.5) is 0 Å². The fourth-order valence-corrected chi connectivity index (χ4v) is 3.04. The maximum atomic E-state index is 5.33. The number of nitrogens with one attached hydrogen (secondary N) is 1. The molecule has 2 rings (SSSR count). The lowest BCUT2D eigenvalue weighted by molar-refractivity contribution is 0.193. The summed E-state index contributed by atoms with van der Waals surface area (Å²) in [5.74, 6) is 0.922. The van der Waals surface area contributed by atoms with Crippen molar-refractivity contribution in [1.82, 2.24) is 10.2 Å². The highest BCUT2D eigenvalue weighted by Crippen LogP contribution is 2.25. The van der Waals surface area contributed by atoms with Gasteiger partial charge < -0.3 is 10.1 Å². The van der Waals surface area contributed by atoms with E-state index >= 15 is 0 Å². The lowest BCUT2D eigenvalue weighted by atomic mass is 10.1. The number of benzene rings is 1. The fraction of sp³-hybridized carbons (Fsp3) is 0.625. The van der Waals surface area contributed by atoms with Gasteiger partial charge in [-0.2, -0.15) is 0 Å². The predicted octanol–water partition coefficient (Wildman–Crippen LogP) is 3.42. The van der Waals surface area contributed by atoms with Crippen molar-refractivity contribution >= 4 is 15.9 Å². The summed E-state index contributed by atoms with van der Waals surface area (Å²) in [4.78, 5) is 2.53. The summed E-state index contributed by atoms with van der Waals surface area (Å²) < 4.78 is 6.49. The Balaban J connectivity index is 2.06. The Kier molecular flexibility index (Phi) is 5.87. The average Bonchev–Trinajstić information content (AvgIpc) is 2.93. The monoisotopic (exact) mass is 340 g/mol. The van der Waals surface area contributed by atoms with E-state index in [1.807, 2.05) is 6.07 Å². The normalized spacial score (nSPS) is 19.0. The molecule has 1 atom stereocenters. The first kappa shape index (κ1) is 15.8. The second kappa shape index (κ2) is 7.43. The van der Waals surface area contributed by atoms with Crippen LogP contribution in [0.1, 0.15) is 32.3 Å². The number of hydrogen-bond donors (Lipinski definition) is 1. The first-order chi connectivity index (χ1) is 9.60. The summed E-state index contributed by atoms with van der Waals surface area (Å²) >= 11 is 3.65. The van der Waals surface area contributed by atoms with Crippen molar-refractivity contribution in [2.75, 3.05) is 20.2 Å². The molecule has 4 heteroatoms. The standard InChI is InChI=1S/C16H25BrN2O/c1-12(2)19(11-14-5-4-8-18-14)10-13-9-15(20-3)6-7-16(13)17/h6-7,9,12,14,18H,4-5,8,10-11H2,1-3H3. The molecule has 0 bridgehead atoms. The second-order valence-corrected chi connectivity index (χ2v) is 6.63. The van der Waals surface area contributed by atoms with Gasteiger partial charge in [0.2, 0.25) is 0 Å². The van der Waals surface area contributed by atoms with Gasteiger partial charge in [0.15, 0.2) is 0 Å². The van der Waals surface area contributed by atoms with Gasteiger partial charge in [-0.25, -0.2) is 0 Å². The van der Waals surface area contributed by atoms with Gasteiger partial charge in [-0.15, -0.1) is 0 Å². The van der Waals surface area contributed by atoms with Crippen LogP contribution in [-0.4, -0.2) is 37.2 Å². The molecule has 1 unspecified atom stereocenters. The number of rotatable bonds is 6. The molecule has 112 valence electrons. The zero-order chi connectivity index (χ0) is 14.5. The molecule has 3 nitrogen and oxygen atoms in total. The second-order valence-electron chi connectivity index (χ2n) is 5.77. The first-order valence-corrected chi connectivity index (χ1v) is 8.19. The molecule has 1 aromatic carbocycles. The van der Waals surface area contributed by atoms with Crippen LogP contribution in [0.3, 0.4) is 0 Å². The van der Waals surface area contributed by atoms with Gasteiger partial charge in [-0.05, 0) is 57.0 Å². The number of methoxy groups -OCH3 is 1. The average molecular weight is 341 g/mol. The zero-order valence-electron chi connectivity index (χ0n) is 12.7. The topological polar surface area (TPSA) is 24.5 Å². The summed E-state index contributed by atoms with van der Waals surface area (Å²) in [6.45, 7) is 7.76. The SMILES string of the molecule is COc1ccc(Br)c(CN(CC2CCCN2)C(C)C)c1. The molecule has 1 aliphatic heterocycles. The first-order valence-electron chi connectivity index (χ1n) is 7.40. The van der Waals surface area contributed by atoms with E-state index in [4.69, 9.17) is 4.74 Å². The van der Waals surface area contributed by atoms with E-state index in [0.717, 1.165) is 23.3 Å². The summed E-state index contributed by atoms with van der Waals surface area (Å²) in [6, 6.07) is 7.37. The smallest absolute Gasteiger partial charge is 0.119 e. The minimum atomic E-state index is 0.538. The third-order valence-corrected chi connectivity index (χ3v) is 4.75. The Bertz CT molecular complexity index is 430. The minimum absolute atomic E-state index is 0.538. The van der Waals surface area contributed by atoms with E-state index in [-0.39, 0.29) is 0 Å². The van der Waals surface area contributed by atoms with E-state index < -0.39 is 0 Å². The molecule has 1 fully saturated rings. The Hall–Kier alpha value is -0.580. The van der Waals surface area contributed by atoms with Crippen LogP contribution in [0.2, 0.25) is 0 Å². The van der Waals surface area contributed by atoms with Crippen LogP contribution < -0.4 is 10.1 Å². The molecular weight excluding hydrogens is 316 g/mol. The Morgan fingerprint density at radius 3 is 2.85 bits per heavy atom. The summed E-state index contributed by atoms with van der Waals surface area (Å²) in [7, 11) is 1.72. The summed E-state index contributed by atoms with van der Waals surface area (Å²) in [6.07, 6.45) is 2.60. The van der Waals surface area contributed by atoms with E-state index in [0.29, 0.717) is 12.1 Å². The van der Waals surface area contributed by atoms with Gasteiger partial charge in [0.1, 0.15) is 5.75 Å². The Morgan fingerprint density at radius 1 is 1.45 bits per heavy atom. The molecule has 0 saturated carbocycles. The van der Waals surface area contributed by atoms with E-state index in [9.17, 15) is 0 Å². The highest BCUT2D eigenvalue weighted by atomic mass is 79.9. The summed E-state index contributed by atoms with van der Waals surface area (Å²) in [5, 5.41) is 3.59. The van der Waals surface area contributed by atoms with E-state index in [1.165, 1.54) is 24.9 Å². The van der Waals surface area contributed by atoms with Crippen molar-refractivity contribution in [2.45, 2.75) is 45.3 Å². The number of nitrogens with zero attached hydrogens (tertiary/aromatic N) is 1.